The van der Waals surface area contributed by atoms with E-state index in [0.717, 1.165) is 15.8 Å². The second kappa shape index (κ2) is 7.55. The minimum Gasteiger partial charge on any atom is -0.486 e. The van der Waals surface area contributed by atoms with Gasteiger partial charge in [-0.25, -0.2) is 0 Å². The highest BCUT2D eigenvalue weighted by Gasteiger charge is 1.98. The maximum Gasteiger partial charge on any atom is 0.177 e. The summed E-state index contributed by atoms with van der Waals surface area (Å²) in [6.07, 6.45) is 0. The summed E-state index contributed by atoms with van der Waals surface area (Å²) < 4.78 is 6.45. The molecular formula is C15H15BrN2O2. The van der Waals surface area contributed by atoms with Crippen LogP contribution in [-0.2, 0) is 11.4 Å². The number of hydrogen-bond donors (Lipinski definition) is 1. The lowest BCUT2D eigenvalue weighted by molar-refractivity contribution is 0.128. The first-order valence-electron chi connectivity index (χ1n) is 6.10. The van der Waals surface area contributed by atoms with E-state index in [0.29, 0.717) is 12.4 Å². The standard InChI is InChI=1S/C15H15BrN2O2/c16-13-6-4-5-12(9-13)10-20-18-15(17)11-19-14-7-2-1-3-8-14/h1-9H,10-11H2,(H2,17,18). The van der Waals surface area contributed by atoms with Gasteiger partial charge < -0.3 is 15.3 Å². The highest BCUT2D eigenvalue weighted by Crippen LogP contribution is 2.12. The summed E-state index contributed by atoms with van der Waals surface area (Å²) in [5.41, 5.74) is 6.72. The summed E-state index contributed by atoms with van der Waals surface area (Å²) in [6.45, 7) is 0.563. The third kappa shape index (κ3) is 4.93. The molecule has 0 aromatic heterocycles. The Morgan fingerprint density at radius 3 is 2.65 bits per heavy atom. The van der Waals surface area contributed by atoms with Gasteiger partial charge in [-0.05, 0) is 29.8 Å². The van der Waals surface area contributed by atoms with E-state index in [2.05, 4.69) is 21.1 Å². The van der Waals surface area contributed by atoms with E-state index >= 15 is 0 Å². The molecule has 0 atom stereocenters. The van der Waals surface area contributed by atoms with Crippen molar-refractivity contribution in [3.05, 3.63) is 64.6 Å². The molecule has 2 N–H and O–H groups in total. The Labute approximate surface area is 126 Å². The predicted octanol–water partition coefficient (Wildman–Crippen LogP) is 3.32. The van der Waals surface area contributed by atoms with Crippen molar-refractivity contribution in [3.8, 4) is 5.75 Å². The predicted molar refractivity (Wildman–Crippen MR) is 82.5 cm³/mol. The highest BCUT2D eigenvalue weighted by molar-refractivity contribution is 9.10. The van der Waals surface area contributed by atoms with Gasteiger partial charge in [0.15, 0.2) is 5.84 Å². The zero-order valence-corrected chi connectivity index (χ0v) is 12.4. The minimum absolute atomic E-state index is 0.197. The average Bonchev–Trinajstić information content (AvgIpc) is 2.46. The fourth-order valence-electron chi connectivity index (χ4n) is 1.52. The van der Waals surface area contributed by atoms with Crippen molar-refractivity contribution in [2.75, 3.05) is 6.61 Å². The topological polar surface area (TPSA) is 56.8 Å². The van der Waals surface area contributed by atoms with E-state index < -0.39 is 0 Å². The lowest BCUT2D eigenvalue weighted by Gasteiger charge is -2.05. The molecule has 0 fully saturated rings. The molecule has 0 aliphatic rings. The molecule has 104 valence electrons. The van der Waals surface area contributed by atoms with Crippen LogP contribution in [0.2, 0.25) is 0 Å². The van der Waals surface area contributed by atoms with E-state index in [4.69, 9.17) is 15.3 Å². The van der Waals surface area contributed by atoms with E-state index in [-0.39, 0.29) is 6.61 Å². The summed E-state index contributed by atoms with van der Waals surface area (Å²) in [5, 5.41) is 3.82. The Kier molecular flexibility index (Phi) is 5.43. The third-order valence-corrected chi connectivity index (χ3v) is 2.93. The van der Waals surface area contributed by atoms with Crippen molar-refractivity contribution in [2.45, 2.75) is 6.61 Å². The van der Waals surface area contributed by atoms with Crippen LogP contribution in [0.25, 0.3) is 0 Å². The summed E-state index contributed by atoms with van der Waals surface area (Å²) in [5.74, 6) is 1.04. The maximum atomic E-state index is 5.71. The minimum atomic E-state index is 0.197. The van der Waals surface area contributed by atoms with Gasteiger partial charge in [0.2, 0.25) is 0 Å². The maximum absolute atomic E-state index is 5.71. The summed E-state index contributed by atoms with van der Waals surface area (Å²) >= 11 is 3.40. The van der Waals surface area contributed by atoms with Crippen LogP contribution in [0.5, 0.6) is 5.75 Å². The molecule has 0 aliphatic heterocycles. The van der Waals surface area contributed by atoms with E-state index in [9.17, 15) is 0 Å². The number of amidine groups is 1. The van der Waals surface area contributed by atoms with E-state index in [1.165, 1.54) is 0 Å². The van der Waals surface area contributed by atoms with E-state index in [1.54, 1.807) is 0 Å². The van der Waals surface area contributed by atoms with Crippen LogP contribution in [0.4, 0.5) is 0 Å². The van der Waals surface area contributed by atoms with Gasteiger partial charge in [0, 0.05) is 4.47 Å². The zero-order valence-electron chi connectivity index (χ0n) is 10.8. The van der Waals surface area contributed by atoms with Crippen LogP contribution in [0.15, 0.2) is 64.2 Å². The molecule has 0 spiro atoms. The molecule has 20 heavy (non-hydrogen) atoms. The van der Waals surface area contributed by atoms with Gasteiger partial charge in [0.1, 0.15) is 19.0 Å². The second-order valence-corrected chi connectivity index (χ2v) is 5.00. The Hall–Kier alpha value is -2.01. The molecule has 2 rings (SSSR count). The van der Waals surface area contributed by atoms with Crippen molar-refractivity contribution in [2.24, 2.45) is 10.9 Å². The smallest absolute Gasteiger partial charge is 0.177 e. The van der Waals surface area contributed by atoms with Crippen LogP contribution < -0.4 is 10.5 Å². The average molecular weight is 335 g/mol. The molecular weight excluding hydrogens is 320 g/mol. The van der Waals surface area contributed by atoms with Crippen LogP contribution >= 0.6 is 15.9 Å². The number of para-hydroxylation sites is 1. The van der Waals surface area contributed by atoms with Gasteiger partial charge in [-0.1, -0.05) is 51.4 Å². The molecule has 0 bridgehead atoms. The Balaban J connectivity index is 1.77. The van der Waals surface area contributed by atoms with Crippen molar-refractivity contribution >= 4 is 21.8 Å². The monoisotopic (exact) mass is 334 g/mol. The summed E-state index contributed by atoms with van der Waals surface area (Å²) in [4.78, 5) is 5.19. The second-order valence-electron chi connectivity index (χ2n) is 4.09. The quantitative estimate of drug-likeness (QED) is 0.501. The van der Waals surface area contributed by atoms with E-state index in [1.807, 2.05) is 54.6 Å². The van der Waals surface area contributed by atoms with Crippen molar-refractivity contribution in [3.63, 3.8) is 0 Å². The lowest BCUT2D eigenvalue weighted by Crippen LogP contribution is -2.21. The number of nitrogens with zero attached hydrogens (tertiary/aromatic N) is 1. The van der Waals surface area contributed by atoms with Crippen LogP contribution in [0.1, 0.15) is 5.56 Å². The number of ether oxygens (including phenoxy) is 1. The molecule has 2 aromatic carbocycles. The molecule has 0 aliphatic carbocycles. The largest absolute Gasteiger partial charge is 0.486 e. The number of nitrogens with two attached hydrogens (primary N) is 1. The van der Waals surface area contributed by atoms with Crippen molar-refractivity contribution in [1.29, 1.82) is 0 Å². The third-order valence-electron chi connectivity index (χ3n) is 2.43. The van der Waals surface area contributed by atoms with Crippen LogP contribution in [-0.4, -0.2) is 12.4 Å². The molecule has 0 heterocycles. The van der Waals surface area contributed by atoms with Gasteiger partial charge in [-0.15, -0.1) is 0 Å². The van der Waals surface area contributed by atoms with Crippen molar-refractivity contribution < 1.29 is 9.57 Å². The van der Waals surface area contributed by atoms with Gasteiger partial charge >= 0.3 is 0 Å². The lowest BCUT2D eigenvalue weighted by atomic mass is 10.2. The van der Waals surface area contributed by atoms with Crippen LogP contribution in [0.3, 0.4) is 0 Å². The summed E-state index contributed by atoms with van der Waals surface area (Å²) in [7, 11) is 0. The number of benzene rings is 2. The van der Waals surface area contributed by atoms with Gasteiger partial charge in [-0.2, -0.15) is 0 Å². The highest BCUT2D eigenvalue weighted by atomic mass is 79.9. The molecule has 0 unspecified atom stereocenters. The fraction of sp³-hybridized carbons (Fsp3) is 0.133. The van der Waals surface area contributed by atoms with Gasteiger partial charge in [0.05, 0.1) is 0 Å². The number of halogens is 1. The van der Waals surface area contributed by atoms with Crippen molar-refractivity contribution in [1.82, 2.24) is 0 Å². The van der Waals surface area contributed by atoms with Crippen LogP contribution in [0, 0.1) is 0 Å². The molecule has 0 amide bonds. The first-order valence-corrected chi connectivity index (χ1v) is 6.90. The number of hydrogen-bond acceptors (Lipinski definition) is 3. The molecule has 0 radical (unpaired) electrons. The number of rotatable bonds is 6. The zero-order chi connectivity index (χ0) is 14.2. The normalized spacial score (nSPS) is 11.2. The Bertz CT molecular complexity index is 573. The molecule has 5 heteroatoms. The van der Waals surface area contributed by atoms with Gasteiger partial charge in [0.25, 0.3) is 0 Å². The first kappa shape index (κ1) is 14.4. The summed E-state index contributed by atoms with van der Waals surface area (Å²) in [6, 6.07) is 17.2. The SMILES string of the molecule is N/C(COc1ccccc1)=N\OCc1cccc(Br)c1. The fourth-order valence-corrected chi connectivity index (χ4v) is 1.96. The van der Waals surface area contributed by atoms with Gasteiger partial charge in [-0.3, -0.25) is 0 Å². The molecule has 2 aromatic rings. The molecule has 4 nitrogen and oxygen atoms in total. The Morgan fingerprint density at radius 1 is 1.10 bits per heavy atom. The number of oxime groups is 1. The Morgan fingerprint density at radius 2 is 1.90 bits per heavy atom. The molecule has 0 saturated carbocycles. The first-order chi connectivity index (χ1) is 9.74. The molecule has 0 saturated heterocycles.